The molecule has 4 N–H and O–H groups in total. The number of nitro benzene ring substituents is 1. The molecule has 0 aliphatic rings. The van der Waals surface area contributed by atoms with Crippen LogP contribution in [-0.2, 0) is 10.1 Å². The Morgan fingerprint density at radius 3 is 2.37 bits per heavy atom. The molecule has 5 rings (SSSR count). The van der Waals surface area contributed by atoms with E-state index in [2.05, 4.69) is 9.97 Å². The number of nitro groups is 1. The number of fused-ring (bicyclic) bond motifs is 3. The summed E-state index contributed by atoms with van der Waals surface area (Å²) in [6.45, 7) is 0. The van der Waals surface area contributed by atoms with Gasteiger partial charge in [-0.3, -0.25) is 14.7 Å². The van der Waals surface area contributed by atoms with Crippen LogP contribution in [0.3, 0.4) is 0 Å². The molecule has 35 heavy (non-hydrogen) atoms. The van der Waals surface area contributed by atoms with Crippen molar-refractivity contribution in [2.24, 2.45) is 0 Å². The number of non-ortho nitro benzene ring substituents is 1. The molecule has 1 heterocycles. The third kappa shape index (κ3) is 4.12. The second-order valence-corrected chi connectivity index (χ2v) is 8.99. The molecule has 12 heteroatoms. The predicted octanol–water partition coefficient (Wildman–Crippen LogP) is 5.04. The van der Waals surface area contributed by atoms with E-state index in [1.165, 1.54) is 24.3 Å². The number of rotatable bonds is 4. The van der Waals surface area contributed by atoms with Crippen LogP contribution in [-0.4, -0.2) is 38.1 Å². The summed E-state index contributed by atoms with van der Waals surface area (Å²) >= 11 is 0. The summed E-state index contributed by atoms with van der Waals surface area (Å²) < 4.78 is 32.3. The molecule has 0 aliphatic carbocycles. The Morgan fingerprint density at radius 2 is 1.66 bits per heavy atom. The molecule has 0 unspecified atom stereocenters. The van der Waals surface area contributed by atoms with Gasteiger partial charge in [-0.05, 0) is 29.1 Å². The van der Waals surface area contributed by atoms with E-state index >= 15 is 0 Å². The largest absolute Gasteiger partial charge is 0.507 e. The summed E-state index contributed by atoms with van der Waals surface area (Å²) in [7, 11) is -4.52. The number of nitrogens with zero attached hydrogens (tertiary/aromatic N) is 2. The maximum absolute atomic E-state index is 11.5. The number of phenolic OH excluding ortho intramolecular Hbond substituents is 2. The highest BCUT2D eigenvalue weighted by Crippen LogP contribution is 2.40. The van der Waals surface area contributed by atoms with Crippen LogP contribution in [0.4, 0.5) is 5.69 Å². The number of phenols is 2. The standard InChI is InChI=1S/C23H15N3O7S.ClH/c27-19-11-15(34(31,32)33)10-13-7-8-18-21(20(13)19)25-23(24-18)17-6-2-5-16(22(17)28)12-3-1-4-14(9-12)26(29)30;/h1-11,27-28H,(H,24,25)(H,31,32,33);1H. The van der Waals surface area contributed by atoms with Crippen LogP contribution in [0.2, 0.25) is 0 Å². The van der Waals surface area contributed by atoms with Gasteiger partial charge in [-0.25, -0.2) is 4.98 Å². The van der Waals surface area contributed by atoms with Crippen LogP contribution in [0.15, 0.2) is 71.6 Å². The van der Waals surface area contributed by atoms with Crippen LogP contribution in [0.25, 0.3) is 44.3 Å². The first-order chi connectivity index (χ1) is 16.1. The summed E-state index contributed by atoms with van der Waals surface area (Å²) in [6, 6.07) is 16.1. The van der Waals surface area contributed by atoms with Crippen molar-refractivity contribution in [3.05, 3.63) is 76.8 Å². The fourth-order valence-corrected chi connectivity index (χ4v) is 4.45. The van der Waals surface area contributed by atoms with E-state index in [9.17, 15) is 33.3 Å². The van der Waals surface area contributed by atoms with Crippen molar-refractivity contribution in [2.75, 3.05) is 0 Å². The van der Waals surface area contributed by atoms with Gasteiger partial charge >= 0.3 is 0 Å². The van der Waals surface area contributed by atoms with E-state index in [4.69, 9.17) is 0 Å². The maximum Gasteiger partial charge on any atom is 0.294 e. The van der Waals surface area contributed by atoms with Crippen LogP contribution < -0.4 is 0 Å². The van der Waals surface area contributed by atoms with Crippen LogP contribution >= 0.6 is 12.4 Å². The average molecular weight is 514 g/mol. The zero-order valence-electron chi connectivity index (χ0n) is 17.5. The van der Waals surface area contributed by atoms with Gasteiger partial charge in [0.2, 0.25) is 0 Å². The van der Waals surface area contributed by atoms with Gasteiger partial charge in [-0.2, -0.15) is 8.42 Å². The predicted molar refractivity (Wildman–Crippen MR) is 132 cm³/mol. The molecule has 1 aromatic heterocycles. The van der Waals surface area contributed by atoms with Crippen molar-refractivity contribution in [1.29, 1.82) is 0 Å². The SMILES string of the molecule is Cl.O=[N+]([O-])c1cccc(-c2cccc(-c3nc4c(ccc5cc(S(=O)(=O)O)cc(O)c54)[nH]3)c2O)c1. The van der Waals surface area contributed by atoms with E-state index in [1.807, 2.05) is 0 Å². The average Bonchev–Trinajstić information content (AvgIpc) is 3.22. The highest BCUT2D eigenvalue weighted by atomic mass is 35.5. The van der Waals surface area contributed by atoms with Gasteiger partial charge in [0.15, 0.2) is 0 Å². The third-order valence-electron chi connectivity index (χ3n) is 5.48. The number of nitrogens with one attached hydrogen (secondary N) is 1. The molecule has 0 radical (unpaired) electrons. The van der Waals surface area contributed by atoms with Crippen molar-refractivity contribution < 1.29 is 28.1 Å². The molecule has 5 aromatic rings. The summed E-state index contributed by atoms with van der Waals surface area (Å²) in [4.78, 5) is 17.7. The number of aromatic hydroxyl groups is 2. The van der Waals surface area contributed by atoms with E-state index in [0.29, 0.717) is 33.1 Å². The third-order valence-corrected chi connectivity index (χ3v) is 6.31. The number of hydrogen-bond donors (Lipinski definition) is 4. The number of halogens is 1. The molecule has 178 valence electrons. The van der Waals surface area contributed by atoms with Gasteiger partial charge in [-0.1, -0.05) is 30.3 Å². The van der Waals surface area contributed by atoms with Crippen molar-refractivity contribution >= 4 is 50.0 Å². The lowest BCUT2D eigenvalue weighted by molar-refractivity contribution is -0.384. The highest BCUT2D eigenvalue weighted by molar-refractivity contribution is 7.85. The summed E-state index contributed by atoms with van der Waals surface area (Å²) in [5, 5.41) is 33.2. The number of aromatic nitrogens is 2. The Bertz CT molecular complexity index is 1750. The zero-order valence-corrected chi connectivity index (χ0v) is 19.2. The van der Waals surface area contributed by atoms with E-state index in [1.54, 1.807) is 36.4 Å². The second kappa shape index (κ2) is 8.55. The number of imidazole rings is 1. The van der Waals surface area contributed by atoms with Crippen LogP contribution in [0.1, 0.15) is 0 Å². The molecule has 0 spiro atoms. The van der Waals surface area contributed by atoms with Gasteiger partial charge in [0.25, 0.3) is 15.8 Å². The first-order valence-corrected chi connectivity index (χ1v) is 11.3. The fourth-order valence-electron chi connectivity index (χ4n) is 3.91. The smallest absolute Gasteiger partial charge is 0.294 e. The van der Waals surface area contributed by atoms with Gasteiger partial charge in [0, 0.05) is 23.8 Å². The van der Waals surface area contributed by atoms with Gasteiger partial charge < -0.3 is 15.2 Å². The van der Waals surface area contributed by atoms with Crippen molar-refractivity contribution in [1.82, 2.24) is 9.97 Å². The Kier molecular flexibility index (Phi) is 5.85. The lowest BCUT2D eigenvalue weighted by atomic mass is 10.0. The number of para-hydroxylation sites is 1. The summed E-state index contributed by atoms with van der Waals surface area (Å²) in [5.74, 6) is -0.266. The van der Waals surface area contributed by atoms with Crippen molar-refractivity contribution in [3.8, 4) is 34.0 Å². The Hall–Kier alpha value is -4.19. The molecule has 0 atom stereocenters. The minimum Gasteiger partial charge on any atom is -0.507 e. The normalized spacial score (nSPS) is 11.5. The van der Waals surface area contributed by atoms with Crippen LogP contribution in [0.5, 0.6) is 11.5 Å². The molecule has 0 aliphatic heterocycles. The number of H-pyrrole nitrogens is 1. The first-order valence-electron chi connectivity index (χ1n) is 9.83. The Labute approximate surface area is 203 Å². The van der Waals surface area contributed by atoms with Gasteiger partial charge in [0.1, 0.15) is 22.8 Å². The first kappa shape index (κ1) is 24.0. The van der Waals surface area contributed by atoms with E-state index in [-0.39, 0.29) is 40.8 Å². The summed E-state index contributed by atoms with van der Waals surface area (Å²) in [6.07, 6.45) is 0. The molecule has 0 saturated heterocycles. The summed E-state index contributed by atoms with van der Waals surface area (Å²) in [5.41, 5.74) is 1.86. The monoisotopic (exact) mass is 513 g/mol. The quantitative estimate of drug-likeness (QED) is 0.147. The van der Waals surface area contributed by atoms with E-state index < -0.39 is 19.9 Å². The Balaban J connectivity index is 0.00000289. The fraction of sp³-hybridized carbons (Fsp3) is 0. The van der Waals surface area contributed by atoms with Crippen molar-refractivity contribution in [2.45, 2.75) is 4.90 Å². The zero-order chi connectivity index (χ0) is 24.2. The minimum absolute atomic E-state index is 0. The maximum atomic E-state index is 11.5. The topological polar surface area (TPSA) is 167 Å². The molecule has 0 saturated carbocycles. The number of hydrogen-bond acceptors (Lipinski definition) is 7. The van der Waals surface area contributed by atoms with Crippen molar-refractivity contribution in [3.63, 3.8) is 0 Å². The molecular formula is C23H16ClN3O7S. The molecule has 0 fully saturated rings. The molecule has 10 nitrogen and oxygen atoms in total. The van der Waals surface area contributed by atoms with E-state index in [0.717, 1.165) is 6.07 Å². The number of benzene rings is 4. The molecule has 4 aromatic carbocycles. The van der Waals surface area contributed by atoms with Gasteiger partial charge in [-0.15, -0.1) is 12.4 Å². The lowest BCUT2D eigenvalue weighted by Gasteiger charge is -2.08. The molecule has 0 bridgehead atoms. The molecule has 0 amide bonds. The Morgan fingerprint density at radius 1 is 0.943 bits per heavy atom. The lowest BCUT2D eigenvalue weighted by Crippen LogP contribution is -1.97. The minimum atomic E-state index is -4.52. The van der Waals surface area contributed by atoms with Crippen LogP contribution in [0, 0.1) is 10.1 Å². The second-order valence-electron chi connectivity index (χ2n) is 7.57. The number of aromatic amines is 1. The highest BCUT2D eigenvalue weighted by Gasteiger charge is 2.19. The molecular weight excluding hydrogens is 498 g/mol. The van der Waals surface area contributed by atoms with Gasteiger partial charge in [0.05, 0.1) is 26.3 Å².